The van der Waals surface area contributed by atoms with Crippen LogP contribution in [-0.2, 0) is 23.7 Å². The molecular weight excluding hydrogens is 628 g/mol. The van der Waals surface area contributed by atoms with Crippen molar-refractivity contribution in [1.82, 2.24) is 0 Å². The van der Waals surface area contributed by atoms with Crippen molar-refractivity contribution in [3.8, 4) is 0 Å². The second-order valence-electron chi connectivity index (χ2n) is 14.4. The quantitative estimate of drug-likeness (QED) is 0.173. The first-order chi connectivity index (χ1) is 23.0. The minimum absolute atomic E-state index is 0.0906. The Morgan fingerprint density at radius 3 is 2.33 bits per heavy atom. The average Bonchev–Trinajstić information content (AvgIpc) is 3.05. The summed E-state index contributed by atoms with van der Waals surface area (Å²) in [7, 11) is 2.84. The molecule has 2 aliphatic heterocycles. The third-order valence-electron chi connectivity index (χ3n) is 10.6. The van der Waals surface area contributed by atoms with Crippen molar-refractivity contribution in [3.05, 3.63) is 59.4 Å². The second kappa shape index (κ2) is 19.3. The molecule has 1 fully saturated rings. The van der Waals surface area contributed by atoms with E-state index in [0.717, 1.165) is 5.57 Å². The summed E-state index contributed by atoms with van der Waals surface area (Å²) < 4.78 is 23.4. The molecule has 0 radical (unpaired) electrons. The normalized spacial score (nSPS) is 41.8. The molecule has 0 unspecified atom stereocenters. The highest BCUT2D eigenvalue weighted by molar-refractivity contribution is 5.87. The van der Waals surface area contributed by atoms with Crippen LogP contribution in [0.15, 0.2) is 59.4 Å². The van der Waals surface area contributed by atoms with E-state index in [1.165, 1.54) is 20.3 Å². The van der Waals surface area contributed by atoms with Crippen LogP contribution in [0.25, 0.3) is 0 Å². The number of aliphatic hydroxyl groups is 5. The Kier molecular flexibility index (Phi) is 16.9. The van der Waals surface area contributed by atoms with Gasteiger partial charge in [0.1, 0.15) is 12.2 Å². The monoisotopic (exact) mass is 692 g/mol. The maximum Gasteiger partial charge on any atom is 0.373 e. The van der Waals surface area contributed by atoms with Crippen LogP contribution >= 0.6 is 0 Å². The molecule has 0 amide bonds. The summed E-state index contributed by atoms with van der Waals surface area (Å²) in [5, 5.41) is 56.7. The van der Waals surface area contributed by atoms with Crippen molar-refractivity contribution < 1.29 is 49.3 Å². The van der Waals surface area contributed by atoms with Crippen LogP contribution in [0, 0.1) is 35.5 Å². The van der Waals surface area contributed by atoms with Gasteiger partial charge in [-0.2, -0.15) is 0 Å². The highest BCUT2D eigenvalue weighted by Gasteiger charge is 2.50. The zero-order chi connectivity index (χ0) is 37.2. The van der Waals surface area contributed by atoms with Gasteiger partial charge in [-0.25, -0.2) is 4.79 Å². The van der Waals surface area contributed by atoms with E-state index in [2.05, 4.69) is 0 Å². The van der Waals surface area contributed by atoms with E-state index in [4.69, 9.17) is 18.9 Å². The molecule has 10 nitrogen and oxygen atoms in total. The summed E-state index contributed by atoms with van der Waals surface area (Å²) in [4.78, 5) is 13.7. The molecule has 0 bridgehead atoms. The topological polar surface area (TPSA) is 155 Å². The Balaban J connectivity index is 2.59. The number of cyclic esters (lactones) is 1. The van der Waals surface area contributed by atoms with Crippen LogP contribution in [0.1, 0.15) is 81.6 Å². The Labute approximate surface area is 294 Å². The first-order valence-corrected chi connectivity index (χ1v) is 17.7. The summed E-state index contributed by atoms with van der Waals surface area (Å²) >= 11 is 0. The first kappa shape index (κ1) is 42.9. The lowest BCUT2D eigenvalue weighted by atomic mass is 9.77. The average molecular weight is 693 g/mol. The van der Waals surface area contributed by atoms with Crippen molar-refractivity contribution in [2.75, 3.05) is 14.2 Å². The third kappa shape index (κ3) is 11.1. The molecule has 0 aliphatic carbocycles. The molecule has 0 saturated carbocycles. The fourth-order valence-electron chi connectivity index (χ4n) is 7.18. The lowest BCUT2D eigenvalue weighted by molar-refractivity contribution is -0.313. The number of carbonyl (C=O) groups is 1. The number of methoxy groups -OCH3 is 2. The van der Waals surface area contributed by atoms with Crippen LogP contribution in [0.4, 0.5) is 0 Å². The Morgan fingerprint density at radius 1 is 1.10 bits per heavy atom. The van der Waals surface area contributed by atoms with Gasteiger partial charge in [0.25, 0.3) is 0 Å². The lowest BCUT2D eigenvalue weighted by Crippen LogP contribution is -2.58. The molecule has 49 heavy (non-hydrogen) atoms. The predicted molar refractivity (Wildman–Crippen MR) is 190 cm³/mol. The number of esters is 1. The van der Waals surface area contributed by atoms with Crippen LogP contribution < -0.4 is 0 Å². The smallest absolute Gasteiger partial charge is 0.373 e. The number of hydrogen-bond donors (Lipinski definition) is 5. The molecule has 0 aromatic carbocycles. The number of hydrogen-bond acceptors (Lipinski definition) is 10. The molecule has 2 rings (SSSR count). The zero-order valence-corrected chi connectivity index (χ0v) is 31.4. The molecular formula is C39H64O10. The second-order valence-corrected chi connectivity index (χ2v) is 14.4. The molecule has 14 atom stereocenters. The number of carbonyl (C=O) groups excluding carboxylic acids is 1. The fraction of sp³-hybridized carbons (Fsp3) is 0.718. The largest absolute Gasteiger partial charge is 0.490 e. The van der Waals surface area contributed by atoms with Gasteiger partial charge in [-0.05, 0) is 45.6 Å². The number of aliphatic hydroxyl groups excluding tert-OH is 4. The SMILES string of the molecule is C/C=C/[C@H]1O[C@@](O)([C@@H](C)[C@H](O)[C@H](C)[C@H]2OC(=O)/C(OC)=C\C(C)=C\[C@@H](C)[C@@H](O)[C@@H](CC)[C@@H](O)[C@H](C)C/C(C)=C/C=C/[C@@H]2OC)C[C@@H](O)[C@@H]1C. The molecule has 5 N–H and O–H groups in total. The Bertz CT molecular complexity index is 1210. The Hall–Kier alpha value is -2.31. The number of rotatable bonds is 8. The van der Waals surface area contributed by atoms with Gasteiger partial charge in [-0.1, -0.05) is 89.1 Å². The molecule has 0 spiro atoms. The highest BCUT2D eigenvalue weighted by atomic mass is 16.6. The van der Waals surface area contributed by atoms with Crippen LogP contribution in [0.5, 0.6) is 0 Å². The van der Waals surface area contributed by atoms with Crippen molar-refractivity contribution >= 4 is 5.97 Å². The molecule has 2 aliphatic rings. The van der Waals surface area contributed by atoms with Crippen molar-refractivity contribution in [3.63, 3.8) is 0 Å². The van der Waals surface area contributed by atoms with Crippen molar-refractivity contribution in [2.24, 2.45) is 35.5 Å². The van der Waals surface area contributed by atoms with Gasteiger partial charge >= 0.3 is 5.97 Å². The van der Waals surface area contributed by atoms with Crippen LogP contribution in [0.2, 0.25) is 0 Å². The number of allylic oxidation sites excluding steroid dienone is 6. The number of ether oxygens (including phenoxy) is 4. The van der Waals surface area contributed by atoms with Crippen molar-refractivity contribution in [2.45, 2.75) is 130 Å². The first-order valence-electron chi connectivity index (χ1n) is 17.7. The van der Waals surface area contributed by atoms with Gasteiger partial charge in [0.15, 0.2) is 5.79 Å². The fourth-order valence-corrected chi connectivity index (χ4v) is 7.18. The minimum atomic E-state index is -1.86. The standard InChI is InChI=1S/C39H64O10/c1-12-15-31-26(7)30(40)21-39(45,49-31)28(9)36(43)27(8)37-32(46-10)17-14-16-22(3)18-24(5)34(41)29(13-2)35(42)25(6)19-23(4)20-33(47-11)38(44)48-37/h12,14-17,19-20,24-32,34-37,40-43,45H,13,18,21H2,1-11H3/b15-12+,17-14+,22-16+,23-19+,33-20+/t24-,25-,26+,27+,28+,29+,30-,31-,32+,34+,35-,36-,37-,39-/m1/s1. The Morgan fingerprint density at radius 2 is 1.76 bits per heavy atom. The van der Waals surface area contributed by atoms with E-state index in [0.29, 0.717) is 18.4 Å². The maximum absolute atomic E-state index is 13.7. The molecule has 280 valence electrons. The van der Waals surface area contributed by atoms with Crippen LogP contribution in [0.3, 0.4) is 0 Å². The van der Waals surface area contributed by atoms with Gasteiger partial charge in [-0.3, -0.25) is 0 Å². The molecule has 10 heteroatoms. The lowest BCUT2D eigenvalue weighted by Gasteiger charge is -2.47. The summed E-state index contributed by atoms with van der Waals surface area (Å²) in [5.74, 6) is -5.49. The van der Waals surface area contributed by atoms with Gasteiger partial charge in [0.2, 0.25) is 5.76 Å². The van der Waals surface area contributed by atoms with E-state index in [-0.39, 0.29) is 35.9 Å². The van der Waals surface area contributed by atoms with Crippen molar-refractivity contribution in [1.29, 1.82) is 0 Å². The van der Waals surface area contributed by atoms with E-state index in [1.807, 2.05) is 53.7 Å². The van der Waals surface area contributed by atoms with E-state index in [9.17, 15) is 30.3 Å². The van der Waals surface area contributed by atoms with Gasteiger partial charge < -0.3 is 44.5 Å². The minimum Gasteiger partial charge on any atom is -0.490 e. The van der Waals surface area contributed by atoms with E-state index < -0.39 is 66.3 Å². The summed E-state index contributed by atoms with van der Waals surface area (Å²) in [5.41, 5.74) is 1.64. The van der Waals surface area contributed by atoms with E-state index in [1.54, 1.807) is 45.1 Å². The highest BCUT2D eigenvalue weighted by Crippen LogP contribution is 2.40. The van der Waals surface area contributed by atoms with Gasteiger partial charge in [0, 0.05) is 43.1 Å². The molecule has 1 saturated heterocycles. The summed E-state index contributed by atoms with van der Waals surface area (Å²) in [6, 6.07) is 0. The molecule has 2 heterocycles. The molecule has 0 aromatic heterocycles. The predicted octanol–water partition coefficient (Wildman–Crippen LogP) is 5.00. The molecule has 0 aromatic rings. The summed E-state index contributed by atoms with van der Waals surface area (Å²) in [6.07, 6.45) is 7.35. The van der Waals surface area contributed by atoms with Crippen LogP contribution in [-0.4, -0.2) is 94.2 Å². The summed E-state index contributed by atoms with van der Waals surface area (Å²) in [6.45, 7) is 16.6. The van der Waals surface area contributed by atoms with Gasteiger partial charge in [0.05, 0.1) is 37.6 Å². The maximum atomic E-state index is 13.7. The third-order valence-corrected chi connectivity index (χ3v) is 10.6. The van der Waals surface area contributed by atoms with E-state index >= 15 is 0 Å². The zero-order valence-electron chi connectivity index (χ0n) is 31.4. The van der Waals surface area contributed by atoms with Gasteiger partial charge in [-0.15, -0.1) is 0 Å².